The van der Waals surface area contributed by atoms with Gasteiger partial charge in [0.1, 0.15) is 0 Å². The average Bonchev–Trinajstić information content (AvgIpc) is 2.57. The monoisotopic (exact) mass is 329 g/mol. The van der Waals surface area contributed by atoms with Gasteiger partial charge in [0.2, 0.25) is 5.91 Å². The van der Waals surface area contributed by atoms with Gasteiger partial charge in [0.05, 0.1) is 5.92 Å². The normalized spacial score (nSPS) is 19.1. The summed E-state index contributed by atoms with van der Waals surface area (Å²) < 4.78 is 0. The van der Waals surface area contributed by atoms with E-state index >= 15 is 0 Å². The molecule has 0 bridgehead atoms. The molecule has 1 aromatic rings. The Labute approximate surface area is 143 Å². The van der Waals surface area contributed by atoms with Crippen molar-refractivity contribution in [1.82, 2.24) is 4.90 Å². The molecule has 0 spiro atoms. The van der Waals surface area contributed by atoms with E-state index in [1.165, 1.54) is 0 Å². The number of carbonyl (C=O) groups is 2. The van der Waals surface area contributed by atoms with Crippen molar-refractivity contribution < 1.29 is 9.59 Å². The third-order valence-corrected chi connectivity index (χ3v) is 4.44. The molecule has 1 aliphatic heterocycles. The Hall–Kier alpha value is -2.14. The van der Waals surface area contributed by atoms with Gasteiger partial charge in [0.25, 0.3) is 5.91 Å². The van der Waals surface area contributed by atoms with Gasteiger partial charge in [-0.25, -0.2) is 0 Å². The highest BCUT2D eigenvalue weighted by atomic mass is 16.2. The lowest BCUT2D eigenvalue weighted by molar-refractivity contribution is -0.123. The van der Waals surface area contributed by atoms with E-state index < -0.39 is 0 Å². The van der Waals surface area contributed by atoms with E-state index in [9.17, 15) is 9.59 Å². The Morgan fingerprint density at radius 3 is 2.83 bits per heavy atom. The zero-order valence-corrected chi connectivity index (χ0v) is 14.5. The Kier molecular flexibility index (Phi) is 6.55. The van der Waals surface area contributed by atoms with Crippen LogP contribution in [0.2, 0.25) is 0 Å². The minimum absolute atomic E-state index is 0.0713. The Morgan fingerprint density at radius 2 is 2.12 bits per heavy atom. The van der Waals surface area contributed by atoms with Gasteiger partial charge in [0.15, 0.2) is 0 Å². The maximum absolute atomic E-state index is 12.2. The number of primary amides is 1. The van der Waals surface area contributed by atoms with Gasteiger partial charge < -0.3 is 11.1 Å². The van der Waals surface area contributed by atoms with Gasteiger partial charge in [-0.1, -0.05) is 31.2 Å². The van der Waals surface area contributed by atoms with Gasteiger partial charge in [-0.3, -0.25) is 14.5 Å². The fraction of sp³-hybridized carbons (Fsp3) is 0.474. The first-order chi connectivity index (χ1) is 11.5. The highest BCUT2D eigenvalue weighted by molar-refractivity contribution is 6.03. The van der Waals surface area contributed by atoms with Crippen LogP contribution in [0.5, 0.6) is 0 Å². The molecule has 24 heavy (non-hydrogen) atoms. The van der Waals surface area contributed by atoms with Crippen LogP contribution in [-0.4, -0.2) is 29.8 Å². The summed E-state index contributed by atoms with van der Waals surface area (Å²) in [6, 6.07) is 7.82. The quantitative estimate of drug-likeness (QED) is 0.788. The molecule has 2 amide bonds. The van der Waals surface area contributed by atoms with Crippen LogP contribution >= 0.6 is 0 Å². The Bertz CT molecular complexity index is 625. The molecule has 2 rings (SSSR count). The second kappa shape index (κ2) is 8.64. The van der Waals surface area contributed by atoms with Crippen LogP contribution in [-0.2, 0) is 16.1 Å². The van der Waals surface area contributed by atoms with Crippen molar-refractivity contribution in [3.8, 4) is 0 Å². The van der Waals surface area contributed by atoms with Crippen molar-refractivity contribution in [3.63, 3.8) is 0 Å². The molecule has 1 heterocycles. The lowest BCUT2D eigenvalue weighted by Crippen LogP contribution is -2.40. The van der Waals surface area contributed by atoms with Crippen molar-refractivity contribution in [3.05, 3.63) is 41.5 Å². The number of likely N-dealkylation sites (tertiary alicyclic amines) is 1. The summed E-state index contributed by atoms with van der Waals surface area (Å²) in [5.41, 5.74) is 8.06. The molecule has 1 aliphatic rings. The van der Waals surface area contributed by atoms with Crippen LogP contribution < -0.4 is 11.1 Å². The summed E-state index contributed by atoms with van der Waals surface area (Å²) in [5.74, 6) is -0.366. The van der Waals surface area contributed by atoms with Gasteiger partial charge in [-0.15, -0.1) is 0 Å². The first-order valence-corrected chi connectivity index (χ1v) is 8.59. The number of rotatable bonds is 6. The number of nitrogens with zero attached hydrogens (tertiary/aromatic N) is 1. The molecule has 0 aromatic heterocycles. The molecule has 0 saturated carbocycles. The number of nitrogens with one attached hydrogen (secondary N) is 1. The number of allylic oxidation sites excluding steroid dienone is 1. The zero-order chi connectivity index (χ0) is 17.5. The van der Waals surface area contributed by atoms with E-state index in [4.69, 9.17) is 5.73 Å². The third-order valence-electron chi connectivity index (χ3n) is 4.44. The van der Waals surface area contributed by atoms with Crippen LogP contribution in [0.25, 0.3) is 0 Å². The largest absolute Gasteiger partial charge is 0.369 e. The number of para-hydroxylation sites is 1. The maximum Gasteiger partial charge on any atom is 0.250 e. The summed E-state index contributed by atoms with van der Waals surface area (Å²) >= 11 is 0. The van der Waals surface area contributed by atoms with E-state index in [1.807, 2.05) is 44.2 Å². The summed E-state index contributed by atoms with van der Waals surface area (Å²) in [5, 5.41) is 2.99. The molecule has 5 nitrogen and oxygen atoms in total. The molecule has 1 atom stereocenters. The molecule has 3 N–H and O–H groups in total. The minimum Gasteiger partial charge on any atom is -0.369 e. The van der Waals surface area contributed by atoms with Gasteiger partial charge in [-0.05, 0) is 44.4 Å². The molecule has 0 aliphatic carbocycles. The number of anilines is 1. The summed E-state index contributed by atoms with van der Waals surface area (Å²) in [7, 11) is 0. The molecule has 0 unspecified atom stereocenters. The van der Waals surface area contributed by atoms with Crippen LogP contribution in [0.15, 0.2) is 35.9 Å². The Balaban J connectivity index is 2.07. The number of nitrogens with two attached hydrogens (primary N) is 1. The lowest BCUT2D eigenvalue weighted by Gasteiger charge is -2.31. The van der Waals surface area contributed by atoms with Crippen LogP contribution in [0, 0.1) is 5.92 Å². The number of carbonyl (C=O) groups excluding carboxylic acids is 2. The molecule has 1 saturated heterocycles. The summed E-state index contributed by atoms with van der Waals surface area (Å²) in [6.45, 7) is 6.17. The molecule has 0 radical (unpaired) electrons. The highest BCUT2D eigenvalue weighted by Gasteiger charge is 2.24. The average molecular weight is 329 g/mol. The standard InChI is InChI=1S/C19H27N3O2/c1-3-7-14(2)19(24)21-17-10-5-4-8-15(17)12-22-11-6-9-16(13-22)18(20)23/h4-5,7-8,10,16H,3,6,9,11-13H2,1-2H3,(H2,20,23)(H,21,24)/b14-7-/t16-/m1/s1. The first kappa shape index (κ1) is 18.2. The number of hydrogen-bond acceptors (Lipinski definition) is 3. The Morgan fingerprint density at radius 1 is 1.38 bits per heavy atom. The number of hydrogen-bond donors (Lipinski definition) is 2. The van der Waals surface area contributed by atoms with E-state index in [0.717, 1.165) is 42.6 Å². The predicted octanol–water partition coefficient (Wildman–Crippen LogP) is 2.68. The van der Waals surface area contributed by atoms with E-state index in [2.05, 4.69) is 10.2 Å². The number of amides is 2. The fourth-order valence-corrected chi connectivity index (χ4v) is 3.07. The van der Waals surface area contributed by atoms with Gasteiger partial charge in [-0.2, -0.15) is 0 Å². The molecular weight excluding hydrogens is 302 g/mol. The van der Waals surface area contributed by atoms with E-state index in [0.29, 0.717) is 13.1 Å². The van der Waals surface area contributed by atoms with Crippen LogP contribution in [0.4, 0.5) is 5.69 Å². The smallest absolute Gasteiger partial charge is 0.250 e. The van der Waals surface area contributed by atoms with Crippen LogP contribution in [0.1, 0.15) is 38.7 Å². The molecule has 1 aromatic carbocycles. The number of piperidine rings is 1. The second-order valence-electron chi connectivity index (χ2n) is 6.38. The van der Waals surface area contributed by atoms with Crippen molar-refractivity contribution in [2.45, 2.75) is 39.7 Å². The molecule has 1 fully saturated rings. The van der Waals surface area contributed by atoms with E-state index in [1.54, 1.807) is 0 Å². The van der Waals surface area contributed by atoms with Crippen molar-refractivity contribution >= 4 is 17.5 Å². The maximum atomic E-state index is 12.2. The van der Waals surface area contributed by atoms with Crippen LogP contribution in [0.3, 0.4) is 0 Å². The SMILES string of the molecule is CC/C=C(/C)C(=O)Nc1ccccc1CN1CCC[C@@H](C(N)=O)C1. The lowest BCUT2D eigenvalue weighted by atomic mass is 9.97. The van der Waals surface area contributed by atoms with Gasteiger partial charge in [0, 0.05) is 24.4 Å². The first-order valence-electron chi connectivity index (χ1n) is 8.59. The topological polar surface area (TPSA) is 75.4 Å². The number of benzene rings is 1. The predicted molar refractivity (Wildman–Crippen MR) is 96.3 cm³/mol. The van der Waals surface area contributed by atoms with Crippen molar-refractivity contribution in [1.29, 1.82) is 0 Å². The molecule has 5 heteroatoms. The summed E-state index contributed by atoms with van der Waals surface area (Å²) in [6.07, 6.45) is 4.59. The van der Waals surface area contributed by atoms with Crippen molar-refractivity contribution in [2.75, 3.05) is 18.4 Å². The van der Waals surface area contributed by atoms with Gasteiger partial charge >= 0.3 is 0 Å². The second-order valence-corrected chi connectivity index (χ2v) is 6.38. The third kappa shape index (κ3) is 4.93. The minimum atomic E-state index is -0.221. The molecular formula is C19H27N3O2. The highest BCUT2D eigenvalue weighted by Crippen LogP contribution is 2.22. The van der Waals surface area contributed by atoms with E-state index in [-0.39, 0.29) is 17.7 Å². The summed E-state index contributed by atoms with van der Waals surface area (Å²) in [4.78, 5) is 25.9. The molecule has 130 valence electrons. The fourth-order valence-electron chi connectivity index (χ4n) is 3.07. The van der Waals surface area contributed by atoms with Crippen molar-refractivity contribution in [2.24, 2.45) is 11.7 Å². The zero-order valence-electron chi connectivity index (χ0n) is 14.5.